The first-order valence-electron chi connectivity index (χ1n) is 14.6. The van der Waals surface area contributed by atoms with E-state index in [4.69, 9.17) is 24.3 Å². The van der Waals surface area contributed by atoms with Gasteiger partial charge >= 0.3 is 6.09 Å². The molecule has 1 saturated carbocycles. The number of ketones is 1. The highest BCUT2D eigenvalue weighted by molar-refractivity contribution is 14.1. The maximum Gasteiger partial charge on any atom is 0.410 e. The van der Waals surface area contributed by atoms with Crippen LogP contribution in [0, 0.1) is 3.70 Å². The van der Waals surface area contributed by atoms with Crippen LogP contribution in [0.1, 0.15) is 96.4 Å². The number of nitrogens with zero attached hydrogens (tertiary/aromatic N) is 6. The maximum atomic E-state index is 13.2. The Bertz CT molecular complexity index is 1510. The monoisotopic (exact) mass is 692 g/mol. The van der Waals surface area contributed by atoms with Crippen molar-refractivity contribution in [2.24, 2.45) is 0 Å². The van der Waals surface area contributed by atoms with E-state index in [1.807, 2.05) is 36.6 Å². The summed E-state index contributed by atoms with van der Waals surface area (Å²) < 4.78 is 14.5. The molecule has 1 amide bonds. The number of thioether (sulfide) groups is 1. The maximum absolute atomic E-state index is 13.2. The Morgan fingerprint density at radius 2 is 1.95 bits per heavy atom. The summed E-state index contributed by atoms with van der Waals surface area (Å²) >= 11 is 3.79. The molecule has 4 heterocycles. The van der Waals surface area contributed by atoms with Crippen molar-refractivity contribution in [3.63, 3.8) is 0 Å². The average molecular weight is 693 g/mol. The number of hydrogen-bond donors (Lipinski definition) is 0. The molecular weight excluding hydrogens is 655 g/mol. The zero-order chi connectivity index (χ0) is 29.1. The first kappa shape index (κ1) is 28.9. The van der Waals surface area contributed by atoms with Gasteiger partial charge in [-0.25, -0.2) is 19.4 Å². The lowest BCUT2D eigenvalue weighted by Crippen LogP contribution is -2.43. The molecule has 10 nitrogen and oxygen atoms in total. The van der Waals surface area contributed by atoms with E-state index in [1.54, 1.807) is 11.8 Å². The topological polar surface area (TPSA) is 116 Å². The molecule has 41 heavy (non-hydrogen) atoms. The van der Waals surface area contributed by atoms with E-state index in [9.17, 15) is 9.59 Å². The summed E-state index contributed by atoms with van der Waals surface area (Å²) in [4.78, 5) is 38.1. The fourth-order valence-corrected chi connectivity index (χ4v) is 8.36. The number of likely N-dealkylation sites (tertiary alicyclic amines) is 1. The van der Waals surface area contributed by atoms with Gasteiger partial charge in [-0.05, 0) is 101 Å². The zero-order valence-electron chi connectivity index (χ0n) is 24.3. The number of carbonyl (C=O) groups is 2. The van der Waals surface area contributed by atoms with Gasteiger partial charge in [-0.1, -0.05) is 11.6 Å². The summed E-state index contributed by atoms with van der Waals surface area (Å²) in [6.07, 6.45) is 9.40. The van der Waals surface area contributed by atoms with Crippen LogP contribution < -0.4 is 0 Å². The van der Waals surface area contributed by atoms with Gasteiger partial charge in [0.05, 0.1) is 22.9 Å². The molecule has 1 saturated heterocycles. The number of aromatic nitrogens is 5. The SMILES string of the molecule is CSc1nc(-c2noc3c2CCC[C@@]32CCCCC2=O)nc2c1c(I)nn2[C@@H](C)[C@@H]1CCCN1C(=O)OC(C)(C)C. The minimum atomic E-state index is -0.561. The Kier molecular flexibility index (Phi) is 7.61. The molecule has 0 bridgehead atoms. The molecule has 220 valence electrons. The Morgan fingerprint density at radius 1 is 1.17 bits per heavy atom. The Labute approximate surface area is 257 Å². The van der Waals surface area contributed by atoms with Crippen LogP contribution in [-0.4, -0.2) is 66.1 Å². The number of Topliss-reactive ketones (excluding diaryl/α,β-unsaturated/α-hetero) is 1. The van der Waals surface area contributed by atoms with Gasteiger partial charge in [0, 0.05) is 18.5 Å². The van der Waals surface area contributed by atoms with Crippen LogP contribution in [0.3, 0.4) is 0 Å². The lowest BCUT2D eigenvalue weighted by atomic mass is 9.64. The second kappa shape index (κ2) is 10.8. The van der Waals surface area contributed by atoms with Gasteiger partial charge < -0.3 is 14.2 Å². The predicted octanol–water partition coefficient (Wildman–Crippen LogP) is 6.49. The van der Waals surface area contributed by atoms with Gasteiger partial charge in [-0.2, -0.15) is 5.10 Å². The van der Waals surface area contributed by atoms with Crippen molar-refractivity contribution in [2.45, 2.75) is 114 Å². The molecule has 2 fully saturated rings. The lowest BCUT2D eigenvalue weighted by molar-refractivity contribution is -0.128. The number of halogens is 1. The van der Waals surface area contributed by atoms with E-state index in [0.717, 1.165) is 76.8 Å². The van der Waals surface area contributed by atoms with Gasteiger partial charge in [0.15, 0.2) is 22.9 Å². The Hall–Kier alpha value is -2.22. The molecule has 3 aliphatic rings. The highest BCUT2D eigenvalue weighted by atomic mass is 127. The van der Waals surface area contributed by atoms with Crippen LogP contribution in [0.4, 0.5) is 4.79 Å². The largest absolute Gasteiger partial charge is 0.444 e. The van der Waals surface area contributed by atoms with E-state index >= 15 is 0 Å². The smallest absolute Gasteiger partial charge is 0.410 e. The van der Waals surface area contributed by atoms with Gasteiger partial charge in [-0.15, -0.1) is 11.8 Å². The lowest BCUT2D eigenvalue weighted by Gasteiger charge is -2.36. The third-order valence-corrected chi connectivity index (χ3v) is 10.2. The molecule has 6 rings (SSSR count). The minimum Gasteiger partial charge on any atom is -0.444 e. The molecule has 0 N–H and O–H groups in total. The minimum absolute atomic E-state index is 0.0723. The summed E-state index contributed by atoms with van der Waals surface area (Å²) in [5, 5.41) is 11.1. The van der Waals surface area contributed by atoms with Crippen molar-refractivity contribution in [2.75, 3.05) is 12.8 Å². The van der Waals surface area contributed by atoms with Crippen molar-refractivity contribution >= 4 is 57.3 Å². The highest BCUT2D eigenvalue weighted by Crippen LogP contribution is 2.48. The zero-order valence-corrected chi connectivity index (χ0v) is 27.3. The molecule has 3 atom stereocenters. The molecular formula is C29H37IN6O4S. The van der Waals surface area contributed by atoms with Gasteiger partial charge in [0.25, 0.3) is 0 Å². The van der Waals surface area contributed by atoms with E-state index < -0.39 is 11.0 Å². The fourth-order valence-electron chi connectivity index (χ4n) is 6.88. The van der Waals surface area contributed by atoms with Gasteiger partial charge in [0.2, 0.25) is 0 Å². The van der Waals surface area contributed by atoms with Crippen LogP contribution >= 0.6 is 34.4 Å². The van der Waals surface area contributed by atoms with E-state index in [1.165, 1.54) is 0 Å². The number of amides is 1. The number of carbonyl (C=O) groups excluding carboxylic acids is 2. The third kappa shape index (κ3) is 4.96. The number of rotatable bonds is 4. The first-order valence-corrected chi connectivity index (χ1v) is 16.9. The van der Waals surface area contributed by atoms with Crippen LogP contribution in [0.5, 0.6) is 0 Å². The van der Waals surface area contributed by atoms with Gasteiger partial charge in [0.1, 0.15) is 20.1 Å². The summed E-state index contributed by atoms with van der Waals surface area (Å²) in [6, 6.07) is -0.209. The van der Waals surface area contributed by atoms with Crippen LogP contribution in [-0.2, 0) is 21.4 Å². The molecule has 0 unspecified atom stereocenters. The van der Waals surface area contributed by atoms with Crippen molar-refractivity contribution in [1.29, 1.82) is 0 Å². The Balaban J connectivity index is 1.42. The van der Waals surface area contributed by atoms with Crippen molar-refractivity contribution in [3.05, 3.63) is 15.0 Å². The second-order valence-electron chi connectivity index (χ2n) is 12.5. The molecule has 1 spiro atoms. The highest BCUT2D eigenvalue weighted by Gasteiger charge is 2.48. The number of ether oxygens (including phenoxy) is 1. The molecule has 0 radical (unpaired) electrons. The van der Waals surface area contributed by atoms with Crippen LogP contribution in [0.15, 0.2) is 9.55 Å². The molecule has 0 aromatic carbocycles. The fraction of sp³-hybridized carbons (Fsp3) is 0.655. The summed E-state index contributed by atoms with van der Waals surface area (Å²) in [5.41, 5.74) is 1.19. The standard InChI is InChI=1S/C29H37IN6O4S/c1-16(18-11-9-15-35(18)27(38)39-28(2,3)4)36-25-20(23(30)33-36)26(41-5)32-24(31-25)21-17-10-8-14-29(22(17)40-34-21)13-7-6-12-19(29)37/h16,18H,6-15H2,1-5H3/t16-,18-,29+/m0/s1. The van der Waals surface area contributed by atoms with Crippen molar-refractivity contribution < 1.29 is 18.8 Å². The predicted molar refractivity (Wildman–Crippen MR) is 164 cm³/mol. The average Bonchev–Trinajstić information content (AvgIpc) is 3.66. The third-order valence-electron chi connectivity index (χ3n) is 8.79. The number of hydrogen-bond acceptors (Lipinski definition) is 9. The van der Waals surface area contributed by atoms with E-state index in [-0.39, 0.29) is 24.0 Å². The van der Waals surface area contributed by atoms with Crippen molar-refractivity contribution in [1.82, 2.24) is 29.8 Å². The molecule has 12 heteroatoms. The molecule has 1 aliphatic heterocycles. The second-order valence-corrected chi connectivity index (χ2v) is 14.3. The quantitative estimate of drug-likeness (QED) is 0.172. The summed E-state index contributed by atoms with van der Waals surface area (Å²) in [5.74, 6) is 1.50. The summed E-state index contributed by atoms with van der Waals surface area (Å²) in [7, 11) is 0. The molecule has 2 aliphatic carbocycles. The number of fused-ring (bicyclic) bond motifs is 3. The normalized spacial score (nSPS) is 23.8. The Morgan fingerprint density at radius 3 is 2.68 bits per heavy atom. The van der Waals surface area contributed by atoms with Crippen LogP contribution in [0.25, 0.3) is 22.6 Å². The van der Waals surface area contributed by atoms with Crippen LogP contribution in [0.2, 0.25) is 0 Å². The summed E-state index contributed by atoms with van der Waals surface area (Å²) in [6.45, 7) is 8.41. The first-order chi connectivity index (χ1) is 19.5. The van der Waals surface area contributed by atoms with Gasteiger partial charge in [-0.3, -0.25) is 4.79 Å². The van der Waals surface area contributed by atoms with E-state index in [2.05, 4.69) is 34.7 Å². The van der Waals surface area contributed by atoms with E-state index in [0.29, 0.717) is 30.1 Å². The molecule has 3 aromatic rings. The van der Waals surface area contributed by atoms with Crippen molar-refractivity contribution in [3.8, 4) is 11.5 Å². The molecule has 3 aromatic heterocycles.